The molecule has 5 atom stereocenters. The molecule has 1 aliphatic rings. The van der Waals surface area contributed by atoms with Gasteiger partial charge in [-0.15, -0.1) is 0 Å². The number of hydrogen-bond acceptors (Lipinski definition) is 6. The molecular formula is C20H40O6Si. The molecule has 1 fully saturated rings. The Kier molecular flexibility index (Phi) is 7.37. The summed E-state index contributed by atoms with van der Waals surface area (Å²) in [6.07, 6.45) is -0.828. The van der Waals surface area contributed by atoms with Crippen LogP contribution in [0, 0.1) is 11.8 Å². The fraction of sp³-hybridized carbons (Fsp3) is 0.950. The molecule has 1 saturated heterocycles. The number of aliphatic hydroxyl groups excluding tert-OH is 1. The van der Waals surface area contributed by atoms with Crippen molar-refractivity contribution >= 4 is 14.3 Å². The van der Waals surface area contributed by atoms with Gasteiger partial charge >= 0.3 is 5.97 Å². The van der Waals surface area contributed by atoms with Crippen molar-refractivity contribution in [2.45, 2.75) is 97.1 Å². The standard InChI is InChI=1S/C20H40O6Si/c1-13(16-20(8,12-21)26-19(6,7)24-16)15(14(2)17(22)23-9)25-27(10,11)18(3,4)5/h13-16,21H,12H2,1-11H3. The van der Waals surface area contributed by atoms with Crippen molar-refractivity contribution in [1.29, 1.82) is 0 Å². The van der Waals surface area contributed by atoms with Crippen LogP contribution in [0.1, 0.15) is 55.4 Å². The van der Waals surface area contributed by atoms with Crippen molar-refractivity contribution in [3.63, 3.8) is 0 Å². The van der Waals surface area contributed by atoms with Gasteiger partial charge in [-0.2, -0.15) is 0 Å². The lowest BCUT2D eigenvalue weighted by Crippen LogP contribution is -2.54. The van der Waals surface area contributed by atoms with E-state index in [0.29, 0.717) is 0 Å². The van der Waals surface area contributed by atoms with Crippen LogP contribution in [-0.2, 0) is 23.4 Å². The SMILES string of the molecule is COC(=O)C(C)C(O[Si](C)(C)C(C)(C)C)C(C)C1OC(C)(C)OC1(C)CO. The first-order valence-electron chi connectivity index (χ1n) is 9.76. The predicted molar refractivity (Wildman–Crippen MR) is 108 cm³/mol. The van der Waals surface area contributed by atoms with E-state index >= 15 is 0 Å². The number of methoxy groups -OCH3 is 1. The summed E-state index contributed by atoms with van der Waals surface area (Å²) in [6.45, 7) is 20.0. The van der Waals surface area contributed by atoms with Gasteiger partial charge in [-0.05, 0) is 45.8 Å². The molecule has 160 valence electrons. The minimum atomic E-state index is -2.16. The van der Waals surface area contributed by atoms with Crippen LogP contribution in [0.25, 0.3) is 0 Å². The average molecular weight is 405 g/mol. The Hall–Kier alpha value is -0.473. The molecule has 1 heterocycles. The zero-order valence-electron chi connectivity index (χ0n) is 19.0. The lowest BCUT2D eigenvalue weighted by molar-refractivity contribution is -0.168. The fourth-order valence-electron chi connectivity index (χ4n) is 3.53. The minimum absolute atomic E-state index is 0.00655. The second-order valence-electron chi connectivity index (χ2n) is 10.0. The smallest absolute Gasteiger partial charge is 0.310 e. The molecule has 5 unspecified atom stereocenters. The minimum Gasteiger partial charge on any atom is -0.469 e. The highest BCUT2D eigenvalue weighted by Gasteiger charge is 2.55. The van der Waals surface area contributed by atoms with Gasteiger partial charge in [0.25, 0.3) is 0 Å². The monoisotopic (exact) mass is 404 g/mol. The van der Waals surface area contributed by atoms with Gasteiger partial charge in [0.1, 0.15) is 5.60 Å². The highest BCUT2D eigenvalue weighted by atomic mass is 28.4. The zero-order chi connectivity index (χ0) is 21.4. The summed E-state index contributed by atoms with van der Waals surface area (Å²) in [7, 11) is -0.770. The van der Waals surface area contributed by atoms with Crippen LogP contribution in [-0.4, -0.2) is 56.7 Å². The number of ether oxygens (including phenoxy) is 3. The third-order valence-corrected chi connectivity index (χ3v) is 10.6. The van der Waals surface area contributed by atoms with Crippen LogP contribution >= 0.6 is 0 Å². The largest absolute Gasteiger partial charge is 0.469 e. The van der Waals surface area contributed by atoms with Crippen molar-refractivity contribution < 1.29 is 28.5 Å². The van der Waals surface area contributed by atoms with Crippen LogP contribution < -0.4 is 0 Å². The van der Waals surface area contributed by atoms with Gasteiger partial charge in [-0.1, -0.05) is 27.7 Å². The highest BCUT2D eigenvalue weighted by molar-refractivity contribution is 6.74. The summed E-state index contributed by atoms with van der Waals surface area (Å²) >= 11 is 0. The first-order chi connectivity index (χ1) is 12.0. The Balaban J connectivity index is 3.28. The van der Waals surface area contributed by atoms with E-state index in [2.05, 4.69) is 33.9 Å². The maximum atomic E-state index is 12.4. The Morgan fingerprint density at radius 2 is 1.74 bits per heavy atom. The van der Waals surface area contributed by atoms with E-state index in [9.17, 15) is 9.90 Å². The van der Waals surface area contributed by atoms with Crippen molar-refractivity contribution in [2.75, 3.05) is 13.7 Å². The van der Waals surface area contributed by atoms with E-state index in [4.69, 9.17) is 18.6 Å². The molecule has 1 N–H and O–H groups in total. The molecule has 0 saturated carbocycles. The molecule has 0 aliphatic carbocycles. The second-order valence-corrected chi connectivity index (χ2v) is 14.8. The molecule has 0 aromatic carbocycles. The summed E-state index contributed by atoms with van der Waals surface area (Å²) in [5.41, 5.74) is -0.867. The molecule has 0 aromatic heterocycles. The molecule has 0 amide bonds. The summed E-state index contributed by atoms with van der Waals surface area (Å²) in [4.78, 5) is 12.4. The van der Waals surface area contributed by atoms with E-state index < -0.39 is 37.8 Å². The van der Waals surface area contributed by atoms with Gasteiger partial charge in [0.2, 0.25) is 0 Å². The summed E-state index contributed by atoms with van der Waals surface area (Å²) in [5.74, 6) is -1.78. The average Bonchev–Trinajstić information content (AvgIpc) is 2.79. The summed E-state index contributed by atoms with van der Waals surface area (Å²) in [6, 6.07) is 0. The highest BCUT2D eigenvalue weighted by Crippen LogP contribution is 2.44. The molecule has 1 rings (SSSR count). The van der Waals surface area contributed by atoms with Crippen LogP contribution in [0.4, 0.5) is 0 Å². The Morgan fingerprint density at radius 1 is 1.22 bits per heavy atom. The predicted octanol–water partition coefficient (Wildman–Crippen LogP) is 3.72. The van der Waals surface area contributed by atoms with Crippen molar-refractivity contribution in [1.82, 2.24) is 0 Å². The third kappa shape index (κ3) is 5.32. The molecule has 6 nitrogen and oxygen atoms in total. The van der Waals surface area contributed by atoms with Crippen LogP contribution in [0.5, 0.6) is 0 Å². The lowest BCUT2D eigenvalue weighted by Gasteiger charge is -2.44. The number of rotatable bonds is 7. The van der Waals surface area contributed by atoms with Gasteiger partial charge in [-0.25, -0.2) is 0 Å². The quantitative estimate of drug-likeness (QED) is 0.515. The molecule has 7 heteroatoms. The maximum absolute atomic E-state index is 12.4. The lowest BCUT2D eigenvalue weighted by atomic mass is 9.82. The van der Waals surface area contributed by atoms with Gasteiger partial charge in [-0.3, -0.25) is 4.79 Å². The topological polar surface area (TPSA) is 74.2 Å². The van der Waals surface area contributed by atoms with Crippen molar-refractivity contribution in [3.8, 4) is 0 Å². The number of carbonyl (C=O) groups is 1. The zero-order valence-corrected chi connectivity index (χ0v) is 20.0. The van der Waals surface area contributed by atoms with Gasteiger partial charge < -0.3 is 23.7 Å². The van der Waals surface area contributed by atoms with E-state index in [-0.39, 0.29) is 23.5 Å². The molecule has 1 aliphatic heterocycles. The molecule has 0 spiro atoms. The van der Waals surface area contributed by atoms with Crippen LogP contribution in [0.2, 0.25) is 18.1 Å². The van der Waals surface area contributed by atoms with E-state index in [0.717, 1.165) is 0 Å². The fourth-order valence-corrected chi connectivity index (χ4v) is 4.99. The van der Waals surface area contributed by atoms with E-state index in [1.165, 1.54) is 7.11 Å². The van der Waals surface area contributed by atoms with E-state index in [1.54, 1.807) is 0 Å². The van der Waals surface area contributed by atoms with Crippen molar-refractivity contribution in [3.05, 3.63) is 0 Å². The van der Waals surface area contributed by atoms with E-state index in [1.807, 2.05) is 34.6 Å². The molecular weight excluding hydrogens is 364 g/mol. The van der Waals surface area contributed by atoms with Gasteiger partial charge in [0.15, 0.2) is 14.1 Å². The summed E-state index contributed by atoms with van der Waals surface area (Å²) in [5, 5.41) is 9.98. The Labute approximate surface area is 166 Å². The molecule has 0 radical (unpaired) electrons. The second kappa shape index (κ2) is 8.11. The third-order valence-electron chi connectivity index (χ3n) is 6.10. The van der Waals surface area contributed by atoms with Crippen LogP contribution in [0.15, 0.2) is 0 Å². The number of esters is 1. The normalized spacial score (nSPS) is 29.3. The van der Waals surface area contributed by atoms with Crippen LogP contribution in [0.3, 0.4) is 0 Å². The Bertz CT molecular complexity index is 527. The number of aliphatic hydroxyl groups is 1. The maximum Gasteiger partial charge on any atom is 0.310 e. The summed E-state index contributed by atoms with van der Waals surface area (Å²) < 4.78 is 23.9. The molecule has 27 heavy (non-hydrogen) atoms. The first-order valence-corrected chi connectivity index (χ1v) is 12.7. The molecule has 0 bridgehead atoms. The first kappa shape index (κ1) is 24.6. The number of hydrogen-bond donors (Lipinski definition) is 1. The number of carbonyl (C=O) groups excluding carboxylic acids is 1. The molecule has 0 aromatic rings. The Morgan fingerprint density at radius 3 is 2.15 bits per heavy atom. The van der Waals surface area contributed by atoms with Gasteiger partial charge in [0, 0.05) is 5.92 Å². The van der Waals surface area contributed by atoms with Gasteiger partial charge in [0.05, 0.1) is 31.8 Å². The van der Waals surface area contributed by atoms with Crippen molar-refractivity contribution in [2.24, 2.45) is 11.8 Å².